The molecule has 6 rings (SSSR count). The van der Waals surface area contributed by atoms with Gasteiger partial charge in [-0.25, -0.2) is 14.2 Å². The third-order valence-electron chi connectivity index (χ3n) is 7.94. The van der Waals surface area contributed by atoms with Crippen molar-refractivity contribution in [3.63, 3.8) is 0 Å². The van der Waals surface area contributed by atoms with Crippen molar-refractivity contribution in [3.8, 4) is 17.1 Å². The Morgan fingerprint density at radius 2 is 1.91 bits per heavy atom. The first kappa shape index (κ1) is 29.4. The smallest absolute Gasteiger partial charge is 0.420 e. The van der Waals surface area contributed by atoms with Crippen molar-refractivity contribution in [1.82, 2.24) is 24.2 Å². The molecule has 5 aromatic rings. The Labute approximate surface area is 258 Å². The minimum Gasteiger partial charge on any atom is -0.497 e. The van der Waals surface area contributed by atoms with Gasteiger partial charge in [-0.15, -0.1) is 0 Å². The Balaban J connectivity index is 1.32. The number of carbonyl (C=O) groups excluding carboxylic acids is 1. The number of fused-ring (bicyclic) bond motifs is 2. The molecule has 1 aliphatic heterocycles. The predicted molar refractivity (Wildman–Crippen MR) is 166 cm³/mol. The number of halogens is 2. The molecule has 12 heteroatoms. The van der Waals surface area contributed by atoms with E-state index in [2.05, 4.69) is 15.4 Å². The molecule has 2 aromatic carbocycles. The van der Waals surface area contributed by atoms with Crippen LogP contribution in [0.5, 0.6) is 5.75 Å². The fraction of sp³-hybridized carbons (Fsp3) is 0.312. The number of oxazole rings is 1. The average molecular weight is 619 g/mol. The lowest BCUT2D eigenvalue weighted by atomic mass is 10.0. The molecule has 44 heavy (non-hydrogen) atoms. The van der Waals surface area contributed by atoms with E-state index in [1.54, 1.807) is 23.9 Å². The molecule has 0 atom stereocenters. The summed E-state index contributed by atoms with van der Waals surface area (Å²) in [7, 11) is 1.59. The number of nitrogens with zero attached hydrogens (tertiary/aromatic N) is 5. The van der Waals surface area contributed by atoms with Crippen molar-refractivity contribution < 1.29 is 18.3 Å². The summed E-state index contributed by atoms with van der Waals surface area (Å²) in [6, 6.07) is 12.7. The molecule has 0 radical (unpaired) electrons. The van der Waals surface area contributed by atoms with Gasteiger partial charge < -0.3 is 19.4 Å². The van der Waals surface area contributed by atoms with Gasteiger partial charge in [-0.2, -0.15) is 5.10 Å². The standard InChI is InChI=1S/C32H32ClFN6O4/c1-5-25-31(44-32(42)39(25)16-19-6-8-22(43-4)9-7-19)23-12-20-13-26(35-15-24(20)29(33)30(23)34)36-27-14-21-10-11-38(18(2)3)28(41)17-40(21)37-27/h6-9,12-15,18H,5,10-11,16-17H2,1-4H3,(H,35,36,37). The number of amides is 1. The molecule has 0 spiro atoms. The number of benzene rings is 2. The van der Waals surface area contributed by atoms with E-state index in [9.17, 15) is 9.59 Å². The van der Waals surface area contributed by atoms with Crippen LogP contribution in [0.25, 0.3) is 22.1 Å². The highest BCUT2D eigenvalue weighted by molar-refractivity contribution is 6.36. The van der Waals surface area contributed by atoms with Gasteiger partial charge in [-0.3, -0.25) is 14.0 Å². The van der Waals surface area contributed by atoms with Crippen LogP contribution in [0.4, 0.5) is 16.0 Å². The van der Waals surface area contributed by atoms with Gasteiger partial charge in [0.1, 0.15) is 18.1 Å². The molecule has 0 bridgehead atoms. The fourth-order valence-electron chi connectivity index (χ4n) is 5.64. The van der Waals surface area contributed by atoms with E-state index in [0.29, 0.717) is 53.2 Å². The molecular formula is C32H32ClFN6O4. The minimum atomic E-state index is -0.695. The molecule has 0 saturated heterocycles. The van der Waals surface area contributed by atoms with Gasteiger partial charge in [-0.05, 0) is 55.5 Å². The van der Waals surface area contributed by atoms with Gasteiger partial charge in [0.25, 0.3) is 0 Å². The fourth-order valence-corrected chi connectivity index (χ4v) is 5.90. The summed E-state index contributed by atoms with van der Waals surface area (Å²) in [4.78, 5) is 31.9. The molecule has 228 valence electrons. The first-order valence-electron chi connectivity index (χ1n) is 14.4. The van der Waals surface area contributed by atoms with E-state index in [4.69, 9.17) is 20.8 Å². The Morgan fingerprint density at radius 3 is 2.61 bits per heavy atom. The quantitative estimate of drug-likeness (QED) is 0.234. The zero-order valence-corrected chi connectivity index (χ0v) is 25.6. The minimum absolute atomic E-state index is 0.0253. The zero-order chi connectivity index (χ0) is 31.1. The number of aromatic nitrogens is 4. The van der Waals surface area contributed by atoms with E-state index in [-0.39, 0.29) is 41.4 Å². The molecule has 0 aliphatic carbocycles. The summed E-state index contributed by atoms with van der Waals surface area (Å²) in [5.74, 6) is 0.588. The van der Waals surface area contributed by atoms with Crippen LogP contribution in [0.15, 0.2) is 57.9 Å². The lowest BCUT2D eigenvalue weighted by Gasteiger charge is -2.24. The number of carbonyl (C=O) groups is 1. The lowest BCUT2D eigenvalue weighted by Crippen LogP contribution is -2.38. The maximum atomic E-state index is 15.7. The van der Waals surface area contributed by atoms with Crippen molar-refractivity contribution in [1.29, 1.82) is 0 Å². The molecule has 0 fully saturated rings. The molecule has 10 nitrogen and oxygen atoms in total. The largest absolute Gasteiger partial charge is 0.497 e. The summed E-state index contributed by atoms with van der Waals surface area (Å²) in [5.41, 5.74) is 2.45. The van der Waals surface area contributed by atoms with Crippen molar-refractivity contribution in [2.75, 3.05) is 19.0 Å². The third kappa shape index (κ3) is 5.43. The van der Waals surface area contributed by atoms with Crippen LogP contribution in [0.1, 0.15) is 37.7 Å². The van der Waals surface area contributed by atoms with E-state index in [1.165, 1.54) is 10.8 Å². The SMILES string of the molecule is CCc1c(-c2cc3cc(Nc4cc5n(n4)CC(=O)N(C(C)C)CC5)ncc3c(Cl)c2F)oc(=O)n1Cc1ccc(OC)cc1. The summed E-state index contributed by atoms with van der Waals surface area (Å²) in [5, 5.41) is 8.67. The van der Waals surface area contributed by atoms with Gasteiger partial charge in [0.15, 0.2) is 17.4 Å². The van der Waals surface area contributed by atoms with E-state index >= 15 is 4.39 Å². The number of nitrogens with one attached hydrogen (secondary N) is 1. The molecule has 1 N–H and O–H groups in total. The third-order valence-corrected chi connectivity index (χ3v) is 8.30. The predicted octanol–water partition coefficient (Wildman–Crippen LogP) is 5.80. The van der Waals surface area contributed by atoms with Crippen LogP contribution in [0.2, 0.25) is 5.02 Å². The van der Waals surface area contributed by atoms with Gasteiger partial charge in [0.2, 0.25) is 5.91 Å². The van der Waals surface area contributed by atoms with E-state index in [0.717, 1.165) is 11.3 Å². The molecule has 0 saturated carbocycles. The van der Waals surface area contributed by atoms with Crippen molar-refractivity contribution in [2.24, 2.45) is 0 Å². The number of hydrogen-bond acceptors (Lipinski definition) is 7. The number of hydrogen-bond donors (Lipinski definition) is 1. The van der Waals surface area contributed by atoms with Crippen LogP contribution < -0.4 is 15.8 Å². The van der Waals surface area contributed by atoms with Gasteiger partial charge in [0.05, 0.1) is 29.9 Å². The van der Waals surface area contributed by atoms with Crippen LogP contribution in [-0.4, -0.2) is 49.8 Å². The van der Waals surface area contributed by atoms with E-state index < -0.39 is 11.6 Å². The van der Waals surface area contributed by atoms with Crippen LogP contribution in [0.3, 0.4) is 0 Å². The first-order valence-corrected chi connectivity index (χ1v) is 14.8. The highest BCUT2D eigenvalue weighted by atomic mass is 35.5. The molecule has 0 unspecified atom stereocenters. The number of rotatable bonds is 8. The van der Waals surface area contributed by atoms with Gasteiger partial charge in [0, 0.05) is 42.4 Å². The highest BCUT2D eigenvalue weighted by Gasteiger charge is 2.25. The number of methoxy groups -OCH3 is 1. The molecule has 1 aliphatic rings. The van der Waals surface area contributed by atoms with Crippen LogP contribution in [0, 0.1) is 5.82 Å². The molecule has 1 amide bonds. The van der Waals surface area contributed by atoms with Crippen molar-refractivity contribution in [2.45, 2.75) is 52.7 Å². The number of pyridine rings is 1. The van der Waals surface area contributed by atoms with Crippen LogP contribution >= 0.6 is 11.6 Å². The second kappa shape index (κ2) is 11.8. The van der Waals surface area contributed by atoms with Crippen molar-refractivity contribution in [3.05, 3.63) is 87.0 Å². The maximum Gasteiger partial charge on any atom is 0.420 e. The first-order chi connectivity index (χ1) is 21.2. The highest BCUT2D eigenvalue weighted by Crippen LogP contribution is 2.37. The van der Waals surface area contributed by atoms with Gasteiger partial charge in [-0.1, -0.05) is 30.7 Å². The molecule has 4 heterocycles. The monoisotopic (exact) mass is 618 g/mol. The lowest BCUT2D eigenvalue weighted by molar-refractivity contribution is -0.133. The summed E-state index contributed by atoms with van der Waals surface area (Å²) in [6.07, 6.45) is 2.60. The Kier molecular flexibility index (Phi) is 7.89. The van der Waals surface area contributed by atoms with Crippen molar-refractivity contribution >= 4 is 39.9 Å². The maximum absolute atomic E-state index is 15.7. The van der Waals surface area contributed by atoms with Gasteiger partial charge >= 0.3 is 5.76 Å². The topological polar surface area (TPSA) is 107 Å². The second-order valence-corrected chi connectivity index (χ2v) is 11.4. The Hall–Kier alpha value is -4.64. The summed E-state index contributed by atoms with van der Waals surface area (Å²) >= 11 is 6.50. The molecular weight excluding hydrogens is 587 g/mol. The Morgan fingerprint density at radius 1 is 1.14 bits per heavy atom. The van der Waals surface area contributed by atoms with Crippen LogP contribution in [-0.2, 0) is 30.7 Å². The summed E-state index contributed by atoms with van der Waals surface area (Å²) in [6.45, 7) is 6.94. The average Bonchev–Trinajstić information content (AvgIpc) is 3.48. The van der Waals surface area contributed by atoms with E-state index in [1.807, 2.05) is 56.0 Å². The summed E-state index contributed by atoms with van der Waals surface area (Å²) < 4.78 is 29.8. The molecule has 3 aromatic heterocycles. The normalized spacial score (nSPS) is 13.4. The number of ether oxygens (including phenoxy) is 1. The second-order valence-electron chi connectivity index (χ2n) is 11.0. The Bertz CT molecular complexity index is 1930. The zero-order valence-electron chi connectivity index (χ0n) is 24.9. The number of anilines is 2.